The van der Waals surface area contributed by atoms with Gasteiger partial charge in [-0.15, -0.1) is 11.6 Å². The average Bonchev–Trinajstić information content (AvgIpc) is 2.16. The Bertz CT molecular complexity index is 234. The second-order valence-electron chi connectivity index (χ2n) is 3.35. The molecular formula is C9H14ClF2NO2. The molecule has 6 heteroatoms. The lowest BCUT2D eigenvalue weighted by atomic mass is 10.2. The number of halogens is 3. The van der Waals surface area contributed by atoms with E-state index in [0.29, 0.717) is 0 Å². The van der Waals surface area contributed by atoms with Crippen LogP contribution in [0.3, 0.4) is 0 Å². The Hall–Kier alpha value is -0.710. The molecule has 0 rings (SSSR count). The highest BCUT2D eigenvalue weighted by Crippen LogP contribution is 2.07. The number of ketones is 1. The smallest absolute Gasteiger partial charge is 0.315 e. The molecule has 15 heavy (non-hydrogen) atoms. The molecule has 0 saturated heterocycles. The van der Waals surface area contributed by atoms with E-state index in [9.17, 15) is 18.4 Å². The van der Waals surface area contributed by atoms with Gasteiger partial charge < -0.3 is 4.90 Å². The van der Waals surface area contributed by atoms with Crippen LogP contribution in [0.15, 0.2) is 0 Å². The minimum absolute atomic E-state index is 0.00755. The highest BCUT2D eigenvalue weighted by Gasteiger charge is 2.25. The van der Waals surface area contributed by atoms with E-state index in [1.165, 1.54) is 0 Å². The van der Waals surface area contributed by atoms with Crippen molar-refractivity contribution in [2.24, 2.45) is 0 Å². The quantitative estimate of drug-likeness (QED) is 0.664. The van der Waals surface area contributed by atoms with Crippen LogP contribution in [0.2, 0.25) is 0 Å². The predicted molar refractivity (Wildman–Crippen MR) is 53.2 cm³/mol. The van der Waals surface area contributed by atoms with Gasteiger partial charge in [-0.2, -0.15) is 8.78 Å². The van der Waals surface area contributed by atoms with Crippen molar-refractivity contribution in [1.82, 2.24) is 4.90 Å². The van der Waals surface area contributed by atoms with Gasteiger partial charge in [-0.05, 0) is 13.8 Å². The maximum atomic E-state index is 12.1. The Kier molecular flexibility index (Phi) is 6.40. The van der Waals surface area contributed by atoms with Gasteiger partial charge in [0.1, 0.15) is 5.78 Å². The first-order valence-electron chi connectivity index (χ1n) is 4.56. The van der Waals surface area contributed by atoms with Crippen LogP contribution >= 0.6 is 11.6 Å². The molecule has 0 aromatic heterocycles. The second kappa shape index (κ2) is 6.71. The van der Waals surface area contributed by atoms with Gasteiger partial charge >= 0.3 is 6.43 Å². The van der Waals surface area contributed by atoms with Gasteiger partial charge in [0.25, 0.3) is 5.91 Å². The third kappa shape index (κ3) is 5.06. The summed E-state index contributed by atoms with van der Waals surface area (Å²) >= 11 is 5.26. The molecule has 0 saturated carbocycles. The van der Waals surface area contributed by atoms with Crippen LogP contribution in [-0.2, 0) is 9.59 Å². The standard InChI is InChI=1S/C9H14ClF2NO2/c1-6(2)13(9(15)8(11)12)4-3-7(14)5-10/h6,8H,3-5H2,1-2H3. The van der Waals surface area contributed by atoms with E-state index in [0.717, 1.165) is 4.90 Å². The topological polar surface area (TPSA) is 37.4 Å². The van der Waals surface area contributed by atoms with Crippen molar-refractivity contribution in [3.8, 4) is 0 Å². The summed E-state index contributed by atoms with van der Waals surface area (Å²) in [7, 11) is 0. The molecule has 0 radical (unpaired) electrons. The van der Waals surface area contributed by atoms with E-state index in [1.54, 1.807) is 13.8 Å². The Morgan fingerprint density at radius 1 is 1.33 bits per heavy atom. The van der Waals surface area contributed by atoms with Crippen molar-refractivity contribution in [2.45, 2.75) is 32.7 Å². The number of hydrogen-bond donors (Lipinski definition) is 0. The summed E-state index contributed by atoms with van der Waals surface area (Å²) in [5.41, 5.74) is 0. The number of carbonyl (C=O) groups excluding carboxylic acids is 2. The number of hydrogen-bond acceptors (Lipinski definition) is 2. The highest BCUT2D eigenvalue weighted by molar-refractivity contribution is 6.27. The molecule has 0 heterocycles. The summed E-state index contributed by atoms with van der Waals surface area (Å²) in [6, 6.07) is -0.352. The van der Waals surface area contributed by atoms with Gasteiger partial charge in [0.15, 0.2) is 0 Å². The molecule has 0 aromatic rings. The molecular weight excluding hydrogens is 228 g/mol. The van der Waals surface area contributed by atoms with Gasteiger partial charge in [-0.1, -0.05) is 0 Å². The van der Waals surface area contributed by atoms with Crippen LogP contribution in [0, 0.1) is 0 Å². The SMILES string of the molecule is CC(C)N(CCC(=O)CCl)C(=O)C(F)F. The first-order chi connectivity index (χ1) is 6.90. The van der Waals surface area contributed by atoms with Crippen LogP contribution < -0.4 is 0 Å². The first kappa shape index (κ1) is 14.3. The molecule has 0 aromatic carbocycles. The van der Waals surface area contributed by atoms with Crippen LogP contribution in [0.1, 0.15) is 20.3 Å². The zero-order chi connectivity index (χ0) is 12.0. The number of amides is 1. The third-order valence-corrected chi connectivity index (χ3v) is 2.17. The normalized spacial score (nSPS) is 10.9. The summed E-state index contributed by atoms with van der Waals surface area (Å²) in [6.07, 6.45) is -3.02. The Morgan fingerprint density at radius 2 is 1.87 bits per heavy atom. The lowest BCUT2D eigenvalue weighted by Gasteiger charge is -2.25. The van der Waals surface area contributed by atoms with Crippen molar-refractivity contribution < 1.29 is 18.4 Å². The minimum Gasteiger partial charge on any atom is -0.335 e. The molecule has 1 amide bonds. The van der Waals surface area contributed by atoms with Crippen molar-refractivity contribution in [3.05, 3.63) is 0 Å². The second-order valence-corrected chi connectivity index (χ2v) is 3.62. The van der Waals surface area contributed by atoms with E-state index in [-0.39, 0.29) is 30.7 Å². The van der Waals surface area contributed by atoms with Crippen LogP contribution in [0.25, 0.3) is 0 Å². The molecule has 0 aliphatic carbocycles. The lowest BCUT2D eigenvalue weighted by molar-refractivity contribution is -0.144. The Morgan fingerprint density at radius 3 is 2.20 bits per heavy atom. The van der Waals surface area contributed by atoms with E-state index >= 15 is 0 Å². The maximum absolute atomic E-state index is 12.1. The van der Waals surface area contributed by atoms with Crippen molar-refractivity contribution in [1.29, 1.82) is 0 Å². The lowest BCUT2D eigenvalue weighted by Crippen LogP contribution is -2.41. The minimum atomic E-state index is -3.03. The van der Waals surface area contributed by atoms with E-state index in [2.05, 4.69) is 0 Å². The average molecular weight is 242 g/mol. The van der Waals surface area contributed by atoms with Crippen LogP contribution in [-0.4, -0.2) is 41.5 Å². The van der Waals surface area contributed by atoms with Crippen LogP contribution in [0.4, 0.5) is 8.78 Å². The number of carbonyl (C=O) groups is 2. The number of alkyl halides is 3. The fourth-order valence-corrected chi connectivity index (χ4v) is 1.19. The summed E-state index contributed by atoms with van der Waals surface area (Å²) < 4.78 is 24.3. The molecule has 0 spiro atoms. The van der Waals surface area contributed by atoms with Crippen molar-refractivity contribution >= 4 is 23.3 Å². The summed E-state index contributed by atoms with van der Waals surface area (Å²) in [4.78, 5) is 22.9. The summed E-state index contributed by atoms with van der Waals surface area (Å²) in [6.45, 7) is 3.23. The first-order valence-corrected chi connectivity index (χ1v) is 5.09. The molecule has 3 nitrogen and oxygen atoms in total. The fourth-order valence-electron chi connectivity index (χ4n) is 1.06. The zero-order valence-corrected chi connectivity index (χ0v) is 9.43. The number of nitrogens with zero attached hydrogens (tertiary/aromatic N) is 1. The third-order valence-electron chi connectivity index (χ3n) is 1.87. The molecule has 0 bridgehead atoms. The van der Waals surface area contributed by atoms with Crippen molar-refractivity contribution in [2.75, 3.05) is 12.4 Å². The van der Waals surface area contributed by atoms with E-state index in [1.807, 2.05) is 0 Å². The molecule has 0 N–H and O–H groups in total. The molecule has 0 atom stereocenters. The molecule has 0 fully saturated rings. The molecule has 0 unspecified atom stereocenters. The summed E-state index contributed by atoms with van der Waals surface area (Å²) in [5.74, 6) is -1.66. The molecule has 0 aliphatic heterocycles. The Labute approximate surface area is 92.4 Å². The van der Waals surface area contributed by atoms with Gasteiger partial charge in [-0.3, -0.25) is 9.59 Å². The van der Waals surface area contributed by atoms with Gasteiger partial charge in [-0.25, -0.2) is 0 Å². The fraction of sp³-hybridized carbons (Fsp3) is 0.778. The van der Waals surface area contributed by atoms with Gasteiger partial charge in [0.2, 0.25) is 0 Å². The number of Topliss-reactive ketones (excluding diaryl/α,β-unsaturated/α-hetero) is 1. The van der Waals surface area contributed by atoms with Gasteiger partial charge in [0, 0.05) is 19.0 Å². The number of rotatable bonds is 6. The predicted octanol–water partition coefficient (Wildman–Crippen LogP) is 1.69. The largest absolute Gasteiger partial charge is 0.335 e. The highest BCUT2D eigenvalue weighted by atomic mass is 35.5. The molecule has 0 aliphatic rings. The van der Waals surface area contributed by atoms with Gasteiger partial charge in [0.05, 0.1) is 5.88 Å². The van der Waals surface area contributed by atoms with E-state index < -0.39 is 12.3 Å². The van der Waals surface area contributed by atoms with E-state index in [4.69, 9.17) is 11.6 Å². The molecule has 88 valence electrons. The monoisotopic (exact) mass is 241 g/mol. The van der Waals surface area contributed by atoms with Crippen molar-refractivity contribution in [3.63, 3.8) is 0 Å². The summed E-state index contributed by atoms with van der Waals surface area (Å²) in [5, 5.41) is 0. The van der Waals surface area contributed by atoms with Crippen LogP contribution in [0.5, 0.6) is 0 Å². The zero-order valence-electron chi connectivity index (χ0n) is 8.67. The Balaban J connectivity index is 4.29. The maximum Gasteiger partial charge on any atom is 0.315 e.